The molecule has 30 heavy (non-hydrogen) atoms. The van der Waals surface area contributed by atoms with Gasteiger partial charge >= 0.3 is 0 Å². The largest absolute Gasteiger partial charge is 0.496 e. The van der Waals surface area contributed by atoms with Crippen molar-refractivity contribution >= 4 is 39.6 Å². The van der Waals surface area contributed by atoms with Gasteiger partial charge in [0.2, 0.25) is 0 Å². The zero-order valence-electron chi connectivity index (χ0n) is 16.5. The van der Waals surface area contributed by atoms with E-state index < -0.39 is 5.91 Å². The van der Waals surface area contributed by atoms with Gasteiger partial charge in [0.25, 0.3) is 11.8 Å². The van der Waals surface area contributed by atoms with Crippen LogP contribution in [0.2, 0.25) is 0 Å². The summed E-state index contributed by atoms with van der Waals surface area (Å²) in [6.07, 6.45) is 1.50. The number of hydrogen-bond donors (Lipinski definition) is 2. The molecular formula is C23H20BrN3O3. The number of aryl methyl sites for hydroxylation is 1. The van der Waals surface area contributed by atoms with E-state index in [9.17, 15) is 9.59 Å². The van der Waals surface area contributed by atoms with Crippen LogP contribution in [0.1, 0.15) is 31.8 Å². The molecule has 0 spiro atoms. The highest BCUT2D eigenvalue weighted by molar-refractivity contribution is 9.10. The third-order valence-electron chi connectivity index (χ3n) is 4.26. The first-order valence-electron chi connectivity index (χ1n) is 9.11. The molecule has 0 aliphatic carbocycles. The van der Waals surface area contributed by atoms with E-state index in [1.165, 1.54) is 6.21 Å². The van der Waals surface area contributed by atoms with Gasteiger partial charge in [-0.15, -0.1) is 0 Å². The minimum absolute atomic E-state index is 0.243. The molecule has 0 aromatic heterocycles. The van der Waals surface area contributed by atoms with E-state index in [2.05, 4.69) is 31.8 Å². The summed E-state index contributed by atoms with van der Waals surface area (Å²) in [5.74, 6) is -0.00371. The highest BCUT2D eigenvalue weighted by atomic mass is 79.9. The Morgan fingerprint density at radius 1 is 0.967 bits per heavy atom. The number of halogens is 1. The van der Waals surface area contributed by atoms with Gasteiger partial charge in [-0.25, -0.2) is 5.43 Å². The summed E-state index contributed by atoms with van der Waals surface area (Å²) in [5, 5.41) is 6.80. The summed E-state index contributed by atoms with van der Waals surface area (Å²) < 4.78 is 6.14. The number of hydrazone groups is 1. The van der Waals surface area contributed by atoms with Crippen LogP contribution < -0.4 is 15.5 Å². The molecule has 0 radical (unpaired) electrons. The summed E-state index contributed by atoms with van der Waals surface area (Å²) in [5.41, 5.74) is 5.71. The monoisotopic (exact) mass is 465 g/mol. The lowest BCUT2D eigenvalue weighted by molar-refractivity contribution is 0.0953. The predicted molar refractivity (Wildman–Crippen MR) is 121 cm³/mol. The first-order chi connectivity index (χ1) is 14.5. The Labute approximate surface area is 183 Å². The van der Waals surface area contributed by atoms with E-state index in [-0.39, 0.29) is 5.91 Å². The number of hydrogen-bond acceptors (Lipinski definition) is 4. The second-order valence-corrected chi connectivity index (χ2v) is 7.40. The summed E-state index contributed by atoms with van der Waals surface area (Å²) >= 11 is 3.39. The number of carbonyl (C=O) groups excluding carboxylic acids is 2. The first kappa shape index (κ1) is 21.3. The zero-order valence-corrected chi connectivity index (χ0v) is 18.1. The Morgan fingerprint density at radius 2 is 1.73 bits per heavy atom. The number of amides is 2. The highest BCUT2D eigenvalue weighted by Gasteiger charge is 2.09. The maximum Gasteiger partial charge on any atom is 0.271 e. The SMILES string of the molecule is COc1ccc(Br)cc1/C=N\NC(=O)c1cccc(NC(=O)c2ccc(C)cc2)c1. The van der Waals surface area contributed by atoms with Gasteiger partial charge in [-0.2, -0.15) is 5.10 Å². The van der Waals surface area contributed by atoms with Gasteiger partial charge in [0.1, 0.15) is 5.75 Å². The molecule has 0 bridgehead atoms. The van der Waals surface area contributed by atoms with Crippen molar-refractivity contribution in [3.8, 4) is 5.75 Å². The molecule has 2 N–H and O–H groups in total. The third-order valence-corrected chi connectivity index (χ3v) is 4.75. The van der Waals surface area contributed by atoms with E-state index in [0.29, 0.717) is 28.1 Å². The Balaban J connectivity index is 1.66. The maximum atomic E-state index is 12.4. The fourth-order valence-corrected chi connectivity index (χ4v) is 3.06. The van der Waals surface area contributed by atoms with Gasteiger partial charge in [0.05, 0.1) is 13.3 Å². The Hall–Kier alpha value is -3.45. The van der Waals surface area contributed by atoms with E-state index in [4.69, 9.17) is 4.74 Å². The van der Waals surface area contributed by atoms with Crippen molar-refractivity contribution in [2.45, 2.75) is 6.92 Å². The molecule has 152 valence electrons. The predicted octanol–water partition coefficient (Wildman–Crippen LogP) is 4.78. The van der Waals surface area contributed by atoms with Gasteiger partial charge in [-0.1, -0.05) is 39.7 Å². The number of carbonyl (C=O) groups is 2. The van der Waals surface area contributed by atoms with Crippen LogP contribution in [0.3, 0.4) is 0 Å². The van der Waals surface area contributed by atoms with Crippen molar-refractivity contribution in [2.75, 3.05) is 12.4 Å². The van der Waals surface area contributed by atoms with Gasteiger partial charge in [0.15, 0.2) is 0 Å². The molecule has 0 heterocycles. The van der Waals surface area contributed by atoms with Crippen molar-refractivity contribution in [2.24, 2.45) is 5.10 Å². The minimum atomic E-state index is -0.397. The molecule has 0 fully saturated rings. The zero-order chi connectivity index (χ0) is 21.5. The van der Waals surface area contributed by atoms with Gasteiger partial charge < -0.3 is 10.1 Å². The van der Waals surface area contributed by atoms with Gasteiger partial charge in [-0.3, -0.25) is 9.59 Å². The first-order valence-corrected chi connectivity index (χ1v) is 9.90. The van der Waals surface area contributed by atoms with Crippen LogP contribution in [0.5, 0.6) is 5.75 Å². The van der Waals surface area contributed by atoms with E-state index >= 15 is 0 Å². The van der Waals surface area contributed by atoms with Crippen molar-refractivity contribution < 1.29 is 14.3 Å². The second kappa shape index (κ2) is 9.84. The molecule has 2 amide bonds. The lowest BCUT2D eigenvalue weighted by atomic mass is 10.1. The normalized spacial score (nSPS) is 10.6. The van der Waals surface area contributed by atoms with Gasteiger partial charge in [-0.05, 0) is 55.5 Å². The maximum absolute atomic E-state index is 12.4. The molecule has 0 atom stereocenters. The molecular weight excluding hydrogens is 446 g/mol. The van der Waals surface area contributed by atoms with Crippen LogP contribution in [0.15, 0.2) is 76.3 Å². The number of nitrogens with one attached hydrogen (secondary N) is 2. The van der Waals surface area contributed by atoms with Crippen molar-refractivity contribution in [3.63, 3.8) is 0 Å². The lowest BCUT2D eigenvalue weighted by Crippen LogP contribution is -2.18. The van der Waals surface area contributed by atoms with E-state index in [0.717, 1.165) is 10.0 Å². The number of anilines is 1. The quantitative estimate of drug-likeness (QED) is 0.405. The molecule has 0 aliphatic heterocycles. The molecule has 3 rings (SSSR count). The standard InChI is InChI=1S/C23H20BrN3O3/c1-15-6-8-16(9-7-15)22(28)26-20-5-3-4-17(13-20)23(29)27-25-14-18-12-19(24)10-11-21(18)30-2/h3-14H,1-2H3,(H,26,28)(H,27,29)/b25-14-. The number of methoxy groups -OCH3 is 1. The average molecular weight is 466 g/mol. The summed E-state index contributed by atoms with van der Waals surface area (Å²) in [7, 11) is 1.57. The number of benzene rings is 3. The number of ether oxygens (including phenoxy) is 1. The second-order valence-electron chi connectivity index (χ2n) is 6.49. The smallest absolute Gasteiger partial charge is 0.271 e. The molecule has 0 aliphatic rings. The Morgan fingerprint density at radius 3 is 2.47 bits per heavy atom. The van der Waals surface area contributed by atoms with E-state index in [1.807, 2.05) is 31.2 Å². The highest BCUT2D eigenvalue weighted by Crippen LogP contribution is 2.21. The molecule has 0 saturated carbocycles. The van der Waals surface area contributed by atoms with Crippen LogP contribution in [-0.2, 0) is 0 Å². The van der Waals surface area contributed by atoms with Crippen molar-refractivity contribution in [3.05, 3.63) is 93.5 Å². The molecule has 0 saturated heterocycles. The molecule has 6 nitrogen and oxygen atoms in total. The Bertz CT molecular complexity index is 1100. The summed E-state index contributed by atoms with van der Waals surface area (Å²) in [6.45, 7) is 1.96. The number of nitrogens with zero attached hydrogens (tertiary/aromatic N) is 1. The molecule has 3 aromatic rings. The Kier molecular flexibility index (Phi) is 6.98. The molecule has 3 aromatic carbocycles. The minimum Gasteiger partial charge on any atom is -0.496 e. The van der Waals surface area contributed by atoms with Crippen molar-refractivity contribution in [1.29, 1.82) is 0 Å². The van der Waals surface area contributed by atoms with Gasteiger partial charge in [0, 0.05) is 26.9 Å². The van der Waals surface area contributed by atoms with Crippen LogP contribution >= 0.6 is 15.9 Å². The van der Waals surface area contributed by atoms with Crippen LogP contribution in [-0.4, -0.2) is 25.1 Å². The third kappa shape index (κ3) is 5.55. The molecule has 7 heteroatoms. The summed E-state index contributed by atoms with van der Waals surface area (Å²) in [6, 6.07) is 19.4. The van der Waals surface area contributed by atoms with Crippen LogP contribution in [0, 0.1) is 6.92 Å². The molecule has 0 unspecified atom stereocenters. The average Bonchev–Trinajstić information content (AvgIpc) is 2.74. The van der Waals surface area contributed by atoms with Crippen molar-refractivity contribution in [1.82, 2.24) is 5.43 Å². The van der Waals surface area contributed by atoms with Crippen LogP contribution in [0.4, 0.5) is 5.69 Å². The fourth-order valence-electron chi connectivity index (χ4n) is 2.68. The fraction of sp³-hybridized carbons (Fsp3) is 0.0870. The summed E-state index contributed by atoms with van der Waals surface area (Å²) in [4.78, 5) is 24.8. The van der Waals surface area contributed by atoms with Crippen LogP contribution in [0.25, 0.3) is 0 Å². The lowest BCUT2D eigenvalue weighted by Gasteiger charge is -2.07. The topological polar surface area (TPSA) is 79.8 Å². The number of rotatable bonds is 6. The van der Waals surface area contributed by atoms with E-state index in [1.54, 1.807) is 49.6 Å².